The lowest BCUT2D eigenvalue weighted by molar-refractivity contribution is -0.118. The maximum atomic E-state index is 12.1. The van der Waals surface area contributed by atoms with Crippen LogP contribution in [0.15, 0.2) is 77.4 Å². The molecule has 2 N–H and O–H groups in total. The molecule has 1 aliphatic heterocycles. The summed E-state index contributed by atoms with van der Waals surface area (Å²) >= 11 is 0. The third-order valence-electron chi connectivity index (χ3n) is 5.51. The number of furan rings is 1. The van der Waals surface area contributed by atoms with Crippen LogP contribution >= 0.6 is 0 Å². The summed E-state index contributed by atoms with van der Waals surface area (Å²) in [5.41, 5.74) is 1.97. The minimum atomic E-state index is -0.168. The molecule has 0 atom stereocenters. The molecule has 162 valence electrons. The number of carbonyl (C=O) groups excluding carboxylic acids is 1. The van der Waals surface area contributed by atoms with Gasteiger partial charge in [0.15, 0.2) is 6.61 Å². The molecule has 1 amide bonds. The summed E-state index contributed by atoms with van der Waals surface area (Å²) in [4.78, 5) is 14.5. The number of benzene rings is 2. The SMILES string of the molecule is O=C(COc1ccccc1)Nc1ccc(N2CCC(NCCc3ccco3)CC2)cc1. The molecule has 3 aromatic rings. The first-order valence-corrected chi connectivity index (χ1v) is 10.8. The van der Waals surface area contributed by atoms with E-state index in [-0.39, 0.29) is 12.5 Å². The minimum absolute atomic E-state index is 0.00774. The van der Waals surface area contributed by atoms with E-state index in [1.54, 1.807) is 6.26 Å². The highest BCUT2D eigenvalue weighted by atomic mass is 16.5. The van der Waals surface area contributed by atoms with Gasteiger partial charge in [0.2, 0.25) is 0 Å². The molecule has 1 saturated heterocycles. The second-order valence-corrected chi connectivity index (χ2v) is 7.74. The number of anilines is 2. The number of hydrogen-bond donors (Lipinski definition) is 2. The third kappa shape index (κ3) is 6.36. The third-order valence-corrected chi connectivity index (χ3v) is 5.51. The molecule has 1 fully saturated rings. The normalized spacial score (nSPS) is 14.4. The van der Waals surface area contributed by atoms with Gasteiger partial charge in [-0.1, -0.05) is 18.2 Å². The molecule has 0 radical (unpaired) electrons. The zero-order valence-electron chi connectivity index (χ0n) is 17.6. The Kier molecular flexibility index (Phi) is 7.24. The van der Waals surface area contributed by atoms with Crippen molar-refractivity contribution >= 4 is 17.3 Å². The molecule has 2 heterocycles. The van der Waals surface area contributed by atoms with Gasteiger partial charge in [-0.3, -0.25) is 4.79 Å². The van der Waals surface area contributed by atoms with Gasteiger partial charge in [0.1, 0.15) is 11.5 Å². The molecule has 31 heavy (non-hydrogen) atoms. The maximum Gasteiger partial charge on any atom is 0.262 e. The predicted octanol–water partition coefficient (Wildman–Crippen LogP) is 4.10. The van der Waals surface area contributed by atoms with Crippen LogP contribution in [0.1, 0.15) is 18.6 Å². The Morgan fingerprint density at radius 3 is 2.48 bits per heavy atom. The van der Waals surface area contributed by atoms with Crippen molar-refractivity contribution in [3.63, 3.8) is 0 Å². The smallest absolute Gasteiger partial charge is 0.262 e. The van der Waals surface area contributed by atoms with E-state index in [0.29, 0.717) is 11.8 Å². The molecule has 0 unspecified atom stereocenters. The van der Waals surface area contributed by atoms with Crippen LogP contribution in [0.4, 0.5) is 11.4 Å². The standard InChI is InChI=1S/C25H29N3O3/c29-25(19-31-23-5-2-1-3-6-23)27-21-8-10-22(11-9-21)28-16-13-20(14-17-28)26-15-12-24-7-4-18-30-24/h1-11,18,20,26H,12-17,19H2,(H,27,29). The second-order valence-electron chi connectivity index (χ2n) is 7.74. The molecule has 0 saturated carbocycles. The topological polar surface area (TPSA) is 66.7 Å². The summed E-state index contributed by atoms with van der Waals surface area (Å²) in [6.45, 7) is 2.98. The highest BCUT2D eigenvalue weighted by Crippen LogP contribution is 2.22. The van der Waals surface area contributed by atoms with Crippen molar-refractivity contribution in [2.45, 2.75) is 25.3 Å². The van der Waals surface area contributed by atoms with Crippen LogP contribution in [0.5, 0.6) is 5.75 Å². The van der Waals surface area contributed by atoms with E-state index in [4.69, 9.17) is 9.15 Å². The Labute approximate surface area is 183 Å². The first-order valence-electron chi connectivity index (χ1n) is 10.8. The lowest BCUT2D eigenvalue weighted by Gasteiger charge is -2.34. The van der Waals surface area contributed by atoms with Gasteiger partial charge >= 0.3 is 0 Å². The molecular formula is C25H29N3O3. The van der Waals surface area contributed by atoms with Gasteiger partial charge in [-0.15, -0.1) is 0 Å². The van der Waals surface area contributed by atoms with Crippen LogP contribution < -0.4 is 20.3 Å². The fourth-order valence-corrected chi connectivity index (χ4v) is 3.81. The van der Waals surface area contributed by atoms with Crippen molar-refractivity contribution < 1.29 is 13.9 Å². The first-order chi connectivity index (χ1) is 15.3. The summed E-state index contributed by atoms with van der Waals surface area (Å²) in [5.74, 6) is 1.55. The van der Waals surface area contributed by atoms with Crippen LogP contribution in [0.25, 0.3) is 0 Å². The first kappa shape index (κ1) is 21.0. The molecule has 2 aromatic carbocycles. The zero-order chi connectivity index (χ0) is 21.3. The molecular weight excluding hydrogens is 390 g/mol. The Morgan fingerprint density at radius 1 is 1.00 bits per heavy atom. The van der Waals surface area contributed by atoms with Crippen LogP contribution in [-0.4, -0.2) is 38.2 Å². The van der Waals surface area contributed by atoms with Gasteiger partial charge in [-0.25, -0.2) is 0 Å². The largest absolute Gasteiger partial charge is 0.484 e. The lowest BCUT2D eigenvalue weighted by atomic mass is 10.0. The predicted molar refractivity (Wildman–Crippen MR) is 123 cm³/mol. The fraction of sp³-hybridized carbons (Fsp3) is 0.320. The van der Waals surface area contributed by atoms with E-state index in [1.165, 1.54) is 5.69 Å². The number of ether oxygens (including phenoxy) is 1. The van der Waals surface area contributed by atoms with Crippen LogP contribution in [0.3, 0.4) is 0 Å². The van der Waals surface area contributed by atoms with E-state index < -0.39 is 0 Å². The van der Waals surface area contributed by atoms with Gasteiger partial charge in [0.25, 0.3) is 5.91 Å². The van der Waals surface area contributed by atoms with Crippen LogP contribution in [0, 0.1) is 0 Å². The van der Waals surface area contributed by atoms with E-state index in [1.807, 2.05) is 54.6 Å². The van der Waals surface area contributed by atoms with Crippen molar-refractivity contribution in [3.8, 4) is 5.75 Å². The number of rotatable bonds is 9. The summed E-state index contributed by atoms with van der Waals surface area (Å²) in [6, 6.07) is 21.9. The van der Waals surface area contributed by atoms with E-state index >= 15 is 0 Å². The number of nitrogens with zero attached hydrogens (tertiary/aromatic N) is 1. The monoisotopic (exact) mass is 419 g/mol. The second kappa shape index (κ2) is 10.7. The minimum Gasteiger partial charge on any atom is -0.484 e. The van der Waals surface area contributed by atoms with Crippen LogP contribution in [0.2, 0.25) is 0 Å². The zero-order valence-corrected chi connectivity index (χ0v) is 17.6. The Hall–Kier alpha value is -3.25. The molecule has 6 heteroatoms. The van der Waals surface area contributed by atoms with Gasteiger partial charge in [-0.05, 0) is 61.4 Å². The summed E-state index contributed by atoms with van der Waals surface area (Å²) in [6.07, 6.45) is 4.89. The van der Waals surface area contributed by atoms with Gasteiger partial charge < -0.3 is 24.7 Å². The Balaban J connectivity index is 1.17. The average molecular weight is 420 g/mol. The maximum absolute atomic E-state index is 12.1. The quantitative estimate of drug-likeness (QED) is 0.547. The molecule has 4 rings (SSSR count). The summed E-state index contributed by atoms with van der Waals surface area (Å²) in [5, 5.41) is 6.52. The Morgan fingerprint density at radius 2 is 1.77 bits per heavy atom. The molecule has 1 aromatic heterocycles. The highest BCUT2D eigenvalue weighted by Gasteiger charge is 2.19. The van der Waals surface area contributed by atoms with Crippen molar-refractivity contribution in [2.75, 3.05) is 36.5 Å². The molecule has 0 bridgehead atoms. The number of hydrogen-bond acceptors (Lipinski definition) is 5. The molecule has 0 aliphatic carbocycles. The van der Waals surface area contributed by atoms with Crippen LogP contribution in [-0.2, 0) is 11.2 Å². The van der Waals surface area contributed by atoms with Crippen molar-refractivity contribution in [1.82, 2.24) is 5.32 Å². The van der Waals surface area contributed by atoms with E-state index in [9.17, 15) is 4.79 Å². The van der Waals surface area contributed by atoms with Crippen molar-refractivity contribution in [2.24, 2.45) is 0 Å². The number of carbonyl (C=O) groups is 1. The van der Waals surface area contributed by atoms with Gasteiger partial charge in [0.05, 0.1) is 6.26 Å². The lowest BCUT2D eigenvalue weighted by Crippen LogP contribution is -2.43. The van der Waals surface area contributed by atoms with Gasteiger partial charge in [-0.2, -0.15) is 0 Å². The fourth-order valence-electron chi connectivity index (χ4n) is 3.81. The Bertz CT molecular complexity index is 918. The molecule has 6 nitrogen and oxygen atoms in total. The van der Waals surface area contributed by atoms with Crippen molar-refractivity contribution in [1.29, 1.82) is 0 Å². The number of amides is 1. The molecule has 0 spiro atoms. The average Bonchev–Trinajstić information content (AvgIpc) is 3.33. The van der Waals surface area contributed by atoms with E-state index in [2.05, 4.69) is 27.7 Å². The highest BCUT2D eigenvalue weighted by molar-refractivity contribution is 5.92. The number of piperidine rings is 1. The number of para-hydroxylation sites is 1. The van der Waals surface area contributed by atoms with Crippen molar-refractivity contribution in [3.05, 3.63) is 78.8 Å². The van der Waals surface area contributed by atoms with Gasteiger partial charge in [0, 0.05) is 43.5 Å². The summed E-state index contributed by atoms with van der Waals surface area (Å²) < 4.78 is 10.9. The number of nitrogens with one attached hydrogen (secondary N) is 2. The van der Waals surface area contributed by atoms with E-state index in [0.717, 1.165) is 50.3 Å². The molecule has 1 aliphatic rings. The summed E-state index contributed by atoms with van der Waals surface area (Å²) in [7, 11) is 0.